The molecule has 0 spiro atoms. The zero-order chi connectivity index (χ0) is 15.6. The Hall–Kier alpha value is -2.89. The van der Waals surface area contributed by atoms with Gasteiger partial charge in [-0.3, -0.25) is 9.59 Å². The largest absolute Gasteiger partial charge is 0.507 e. The third kappa shape index (κ3) is 2.84. The summed E-state index contributed by atoms with van der Waals surface area (Å²) in [6.07, 6.45) is 1.35. The molecular formula is C15H15N3O3. The lowest BCUT2D eigenvalue weighted by Crippen LogP contribution is -2.30. The Morgan fingerprint density at radius 2 is 2.00 bits per heavy atom. The van der Waals surface area contributed by atoms with Gasteiger partial charge in [-0.15, -0.1) is 0 Å². The highest BCUT2D eigenvalue weighted by molar-refractivity contribution is 5.94. The van der Waals surface area contributed by atoms with Gasteiger partial charge >= 0.3 is 0 Å². The van der Waals surface area contributed by atoms with E-state index < -0.39 is 11.5 Å². The second kappa shape index (κ2) is 5.62. The third-order valence-corrected chi connectivity index (χ3v) is 3.06. The van der Waals surface area contributed by atoms with Gasteiger partial charge in [0.15, 0.2) is 0 Å². The van der Waals surface area contributed by atoms with Gasteiger partial charge in [0, 0.05) is 11.3 Å². The average Bonchev–Trinajstić information content (AvgIpc) is 2.39. The van der Waals surface area contributed by atoms with Crippen LogP contribution in [0.3, 0.4) is 0 Å². The van der Waals surface area contributed by atoms with Gasteiger partial charge in [-0.25, -0.2) is 4.68 Å². The number of nitrogens with two attached hydrogens (primary N) is 1. The van der Waals surface area contributed by atoms with Gasteiger partial charge in [-0.1, -0.05) is 12.1 Å². The molecular weight excluding hydrogens is 270 g/mol. The summed E-state index contributed by atoms with van der Waals surface area (Å²) in [5, 5.41) is 13.7. The van der Waals surface area contributed by atoms with Gasteiger partial charge in [0.2, 0.25) is 0 Å². The van der Waals surface area contributed by atoms with Crippen molar-refractivity contribution in [3.05, 3.63) is 63.1 Å². The molecule has 3 N–H and O–H groups in total. The number of rotatable bonds is 3. The molecule has 0 fully saturated rings. The number of hydrogen-bond donors (Lipinski definition) is 2. The number of carbonyl (C=O) groups is 1. The van der Waals surface area contributed by atoms with Crippen molar-refractivity contribution in [1.29, 1.82) is 0 Å². The van der Waals surface area contributed by atoms with Gasteiger partial charge in [-0.05, 0) is 37.6 Å². The maximum Gasteiger partial charge on any atom is 0.284 e. The van der Waals surface area contributed by atoms with Crippen LogP contribution in [0.2, 0.25) is 0 Å². The fourth-order valence-electron chi connectivity index (χ4n) is 2.04. The van der Waals surface area contributed by atoms with Gasteiger partial charge in [0.25, 0.3) is 11.5 Å². The Bertz CT molecular complexity index is 791. The fourth-order valence-corrected chi connectivity index (χ4v) is 2.04. The highest BCUT2D eigenvalue weighted by atomic mass is 16.3. The van der Waals surface area contributed by atoms with E-state index in [0.29, 0.717) is 16.8 Å². The predicted octanol–water partition coefficient (Wildman–Crippen LogP) is 1.15. The van der Waals surface area contributed by atoms with E-state index in [1.54, 1.807) is 38.1 Å². The molecule has 1 amide bonds. The minimum Gasteiger partial charge on any atom is -0.507 e. The van der Waals surface area contributed by atoms with Crippen molar-refractivity contribution >= 4 is 12.1 Å². The molecule has 6 nitrogen and oxygen atoms in total. The van der Waals surface area contributed by atoms with Crippen molar-refractivity contribution in [1.82, 2.24) is 4.68 Å². The second-order valence-electron chi connectivity index (χ2n) is 4.63. The third-order valence-electron chi connectivity index (χ3n) is 3.06. The van der Waals surface area contributed by atoms with Crippen LogP contribution in [0.4, 0.5) is 0 Å². The number of primary amides is 1. The topological polar surface area (TPSA) is 97.7 Å². The molecule has 21 heavy (non-hydrogen) atoms. The van der Waals surface area contributed by atoms with Crippen LogP contribution >= 0.6 is 0 Å². The number of nitrogens with zero attached hydrogens (tertiary/aromatic N) is 2. The van der Waals surface area contributed by atoms with Crippen molar-refractivity contribution in [2.75, 3.05) is 0 Å². The number of aryl methyl sites for hydroxylation is 2. The molecule has 1 heterocycles. The Morgan fingerprint density at radius 1 is 1.33 bits per heavy atom. The zero-order valence-electron chi connectivity index (χ0n) is 11.7. The van der Waals surface area contributed by atoms with Gasteiger partial charge in [-0.2, -0.15) is 5.10 Å². The summed E-state index contributed by atoms with van der Waals surface area (Å²) in [5.74, 6) is -0.738. The molecule has 0 saturated carbocycles. The summed E-state index contributed by atoms with van der Waals surface area (Å²) in [4.78, 5) is 23.6. The van der Waals surface area contributed by atoms with E-state index in [-0.39, 0.29) is 11.3 Å². The molecule has 0 aliphatic rings. The molecule has 0 radical (unpaired) electrons. The first kappa shape index (κ1) is 14.5. The monoisotopic (exact) mass is 285 g/mol. The number of hydrogen-bond acceptors (Lipinski definition) is 4. The van der Waals surface area contributed by atoms with Crippen molar-refractivity contribution < 1.29 is 9.90 Å². The smallest absolute Gasteiger partial charge is 0.284 e. The van der Waals surface area contributed by atoms with Crippen LogP contribution in [-0.2, 0) is 0 Å². The second-order valence-corrected chi connectivity index (χ2v) is 4.63. The van der Waals surface area contributed by atoms with Crippen LogP contribution in [0.25, 0.3) is 0 Å². The Balaban J connectivity index is 2.56. The average molecular weight is 285 g/mol. The van der Waals surface area contributed by atoms with Gasteiger partial charge in [0.05, 0.1) is 6.21 Å². The van der Waals surface area contributed by atoms with Crippen LogP contribution in [0, 0.1) is 13.8 Å². The molecule has 0 atom stereocenters. The quantitative estimate of drug-likeness (QED) is 0.828. The van der Waals surface area contributed by atoms with Gasteiger partial charge < -0.3 is 10.8 Å². The first-order chi connectivity index (χ1) is 9.91. The molecule has 0 aliphatic heterocycles. The van der Waals surface area contributed by atoms with Gasteiger partial charge in [0.1, 0.15) is 11.3 Å². The Labute approximate surface area is 121 Å². The molecule has 108 valence electrons. The summed E-state index contributed by atoms with van der Waals surface area (Å²) in [6.45, 7) is 3.34. The molecule has 6 heteroatoms. The van der Waals surface area contributed by atoms with Crippen molar-refractivity contribution in [3.63, 3.8) is 0 Å². The van der Waals surface area contributed by atoms with Crippen molar-refractivity contribution in [2.24, 2.45) is 10.8 Å². The van der Waals surface area contributed by atoms with E-state index in [1.807, 2.05) is 0 Å². The number of phenolic OH excluding ortho intramolecular Hbond substituents is 1. The lowest BCUT2D eigenvalue weighted by Gasteiger charge is -2.08. The maximum atomic E-state index is 12.2. The van der Waals surface area contributed by atoms with E-state index in [2.05, 4.69) is 5.10 Å². The number of phenols is 1. The molecule has 0 saturated heterocycles. The number of aromatic hydroxyl groups is 1. The van der Waals surface area contributed by atoms with Crippen LogP contribution in [-0.4, -0.2) is 21.9 Å². The minimum atomic E-state index is -0.788. The first-order valence-corrected chi connectivity index (χ1v) is 6.27. The number of para-hydroxylation sites is 1. The standard InChI is InChI=1S/C15H15N3O3/c1-9-7-10(2)18(15(21)13(9)14(16)20)17-8-11-5-3-4-6-12(11)19/h3-8,19H,1-2H3,(H2,16,20)/b17-8+. The van der Waals surface area contributed by atoms with E-state index in [9.17, 15) is 14.7 Å². The van der Waals surface area contributed by atoms with Crippen LogP contribution in [0.15, 0.2) is 40.2 Å². The van der Waals surface area contributed by atoms with Crippen LogP contribution < -0.4 is 11.3 Å². The number of pyridine rings is 1. The summed E-state index contributed by atoms with van der Waals surface area (Å²) < 4.78 is 1.08. The molecule has 1 aromatic carbocycles. The molecule has 2 rings (SSSR count). The lowest BCUT2D eigenvalue weighted by molar-refractivity contribution is 0.0997. The molecule has 0 unspecified atom stereocenters. The van der Waals surface area contributed by atoms with E-state index >= 15 is 0 Å². The van der Waals surface area contributed by atoms with Crippen LogP contribution in [0.5, 0.6) is 5.75 Å². The lowest BCUT2D eigenvalue weighted by atomic mass is 10.1. The first-order valence-electron chi connectivity index (χ1n) is 6.27. The van der Waals surface area contributed by atoms with E-state index in [4.69, 9.17) is 5.73 Å². The fraction of sp³-hybridized carbons (Fsp3) is 0.133. The van der Waals surface area contributed by atoms with Crippen molar-refractivity contribution in [2.45, 2.75) is 13.8 Å². The highest BCUT2D eigenvalue weighted by Gasteiger charge is 2.14. The van der Waals surface area contributed by atoms with Crippen molar-refractivity contribution in [3.8, 4) is 5.75 Å². The minimum absolute atomic E-state index is 0.0502. The normalized spacial score (nSPS) is 11.0. The predicted molar refractivity (Wildman–Crippen MR) is 79.8 cm³/mol. The summed E-state index contributed by atoms with van der Waals surface area (Å²) in [6, 6.07) is 8.24. The highest BCUT2D eigenvalue weighted by Crippen LogP contribution is 2.13. The van der Waals surface area contributed by atoms with E-state index in [0.717, 1.165) is 4.68 Å². The Kier molecular flexibility index (Phi) is 3.89. The molecule has 0 aliphatic carbocycles. The number of benzene rings is 1. The number of carbonyl (C=O) groups excluding carboxylic acids is 1. The molecule has 0 bridgehead atoms. The zero-order valence-corrected chi connectivity index (χ0v) is 11.7. The summed E-state index contributed by atoms with van der Waals surface area (Å²) >= 11 is 0. The molecule has 1 aromatic heterocycles. The maximum absolute atomic E-state index is 12.2. The summed E-state index contributed by atoms with van der Waals surface area (Å²) in [7, 11) is 0. The summed E-state index contributed by atoms with van der Waals surface area (Å²) in [5.41, 5.74) is 6.10. The number of amides is 1. The van der Waals surface area contributed by atoms with Crippen LogP contribution in [0.1, 0.15) is 27.2 Å². The van der Waals surface area contributed by atoms with E-state index in [1.165, 1.54) is 12.3 Å². The molecule has 2 aromatic rings. The SMILES string of the molecule is Cc1cc(C)n(/N=C/c2ccccc2O)c(=O)c1C(N)=O. The Morgan fingerprint density at radius 3 is 2.62 bits per heavy atom. The number of aromatic nitrogens is 1.